The van der Waals surface area contributed by atoms with Gasteiger partial charge in [0.2, 0.25) is 5.76 Å². The van der Waals surface area contributed by atoms with Gasteiger partial charge in [0, 0.05) is 35.5 Å². The highest BCUT2D eigenvalue weighted by molar-refractivity contribution is 6.38. The standard InChI is InChI=1S/C32H33ClF2N2O3/c1-32(34,35)23-11-8-20(9-12-23)21-10-17-27(39-3)22(18-21)19-37(25-15-13-24(36-2)14-16-25)31(38)30-29(33)26-6-4-5-7-28(26)40-30/h4-12,17-18,24-25,36H,13-16,19H2,1-3H3. The minimum absolute atomic E-state index is 0.0131. The predicted octanol–water partition coefficient (Wildman–Crippen LogP) is 8.05. The van der Waals surface area contributed by atoms with Gasteiger partial charge in [-0.3, -0.25) is 4.79 Å². The number of hydrogen-bond donors (Lipinski definition) is 1. The van der Waals surface area contributed by atoms with E-state index in [4.69, 9.17) is 20.8 Å². The second kappa shape index (κ2) is 11.6. The molecule has 0 spiro atoms. The molecule has 1 aliphatic rings. The largest absolute Gasteiger partial charge is 0.496 e. The average Bonchev–Trinajstić information content (AvgIpc) is 3.31. The minimum atomic E-state index is -2.91. The van der Waals surface area contributed by atoms with E-state index in [0.717, 1.165) is 49.3 Å². The van der Waals surface area contributed by atoms with E-state index in [1.165, 1.54) is 12.1 Å². The highest BCUT2D eigenvalue weighted by atomic mass is 35.5. The fourth-order valence-corrected chi connectivity index (χ4v) is 5.82. The van der Waals surface area contributed by atoms with Crippen LogP contribution in [0.4, 0.5) is 8.78 Å². The first-order valence-corrected chi connectivity index (χ1v) is 13.9. The van der Waals surface area contributed by atoms with Gasteiger partial charge in [-0.05, 0) is 68.1 Å². The molecule has 4 aromatic rings. The zero-order chi connectivity index (χ0) is 28.4. The summed E-state index contributed by atoms with van der Waals surface area (Å²) < 4.78 is 39.2. The number of amides is 1. The van der Waals surface area contributed by atoms with Crippen LogP contribution in [0.1, 0.15) is 54.3 Å². The molecule has 40 heavy (non-hydrogen) atoms. The minimum Gasteiger partial charge on any atom is -0.496 e. The molecular formula is C32H33ClF2N2O3. The molecule has 0 aliphatic heterocycles. The number of carbonyl (C=O) groups is 1. The fourth-order valence-electron chi connectivity index (χ4n) is 5.55. The number of para-hydroxylation sites is 1. The second-order valence-electron chi connectivity index (χ2n) is 10.5. The number of carbonyl (C=O) groups excluding carboxylic acids is 1. The smallest absolute Gasteiger partial charge is 0.291 e. The van der Waals surface area contributed by atoms with Gasteiger partial charge >= 0.3 is 0 Å². The molecule has 0 unspecified atom stereocenters. The fraction of sp³-hybridized carbons (Fsp3) is 0.344. The number of methoxy groups -OCH3 is 1. The summed E-state index contributed by atoms with van der Waals surface area (Å²) in [5.74, 6) is -2.41. The third kappa shape index (κ3) is 5.72. The number of rotatable bonds is 8. The van der Waals surface area contributed by atoms with E-state index in [-0.39, 0.29) is 29.8 Å². The van der Waals surface area contributed by atoms with Crippen molar-refractivity contribution in [1.29, 1.82) is 0 Å². The summed E-state index contributed by atoms with van der Waals surface area (Å²) in [5.41, 5.74) is 2.97. The molecular weight excluding hydrogens is 534 g/mol. The van der Waals surface area contributed by atoms with Crippen LogP contribution in [0.3, 0.4) is 0 Å². The third-order valence-electron chi connectivity index (χ3n) is 7.88. The summed E-state index contributed by atoms with van der Waals surface area (Å²) >= 11 is 6.66. The Balaban J connectivity index is 1.51. The molecule has 210 valence electrons. The molecule has 1 fully saturated rings. The summed E-state index contributed by atoms with van der Waals surface area (Å²) in [4.78, 5) is 15.9. The van der Waals surface area contributed by atoms with E-state index >= 15 is 0 Å². The number of nitrogens with zero attached hydrogens (tertiary/aromatic N) is 1. The molecule has 1 saturated carbocycles. The van der Waals surface area contributed by atoms with Gasteiger partial charge in [-0.15, -0.1) is 0 Å². The van der Waals surface area contributed by atoms with Gasteiger partial charge in [-0.1, -0.05) is 54.1 Å². The highest BCUT2D eigenvalue weighted by Gasteiger charge is 2.33. The number of hydrogen-bond acceptors (Lipinski definition) is 4. The van der Waals surface area contributed by atoms with Crippen molar-refractivity contribution < 1.29 is 22.7 Å². The number of ether oxygens (including phenoxy) is 1. The Morgan fingerprint density at radius 2 is 1.73 bits per heavy atom. The third-order valence-corrected chi connectivity index (χ3v) is 8.26. The molecule has 1 heterocycles. The van der Waals surface area contributed by atoms with Crippen LogP contribution in [-0.2, 0) is 12.5 Å². The number of furan rings is 1. The van der Waals surface area contributed by atoms with Gasteiger partial charge in [0.15, 0.2) is 0 Å². The van der Waals surface area contributed by atoms with Gasteiger partial charge in [0.25, 0.3) is 11.8 Å². The van der Waals surface area contributed by atoms with Gasteiger partial charge in [0.05, 0.1) is 18.7 Å². The normalized spacial score (nSPS) is 17.6. The van der Waals surface area contributed by atoms with Crippen molar-refractivity contribution in [2.24, 2.45) is 0 Å². The first kappa shape index (κ1) is 28.1. The molecule has 1 aliphatic carbocycles. The SMILES string of the molecule is CNC1CCC(N(Cc2cc(-c3ccc(C(C)(F)F)cc3)ccc2OC)C(=O)c2oc3ccccc3c2Cl)CC1. The van der Waals surface area contributed by atoms with Crippen LogP contribution in [0.25, 0.3) is 22.1 Å². The molecule has 5 rings (SSSR count). The first-order valence-electron chi connectivity index (χ1n) is 13.5. The topological polar surface area (TPSA) is 54.7 Å². The van der Waals surface area contributed by atoms with Gasteiger partial charge in [-0.2, -0.15) is 0 Å². The summed E-state index contributed by atoms with van der Waals surface area (Å²) in [7, 11) is 3.56. The van der Waals surface area contributed by atoms with Gasteiger partial charge in [-0.25, -0.2) is 8.78 Å². The Morgan fingerprint density at radius 1 is 1.05 bits per heavy atom. The van der Waals surface area contributed by atoms with Crippen LogP contribution < -0.4 is 10.1 Å². The molecule has 5 nitrogen and oxygen atoms in total. The Labute approximate surface area is 238 Å². The number of fused-ring (bicyclic) bond motifs is 1. The predicted molar refractivity (Wildman–Crippen MR) is 154 cm³/mol. The van der Waals surface area contributed by atoms with Crippen molar-refractivity contribution in [3.8, 4) is 16.9 Å². The van der Waals surface area contributed by atoms with Gasteiger partial charge in [0.1, 0.15) is 11.3 Å². The molecule has 0 bridgehead atoms. The molecule has 1 N–H and O–H groups in total. The first-order chi connectivity index (χ1) is 19.2. The van der Waals surface area contributed by atoms with E-state index in [1.807, 2.05) is 48.3 Å². The lowest BCUT2D eigenvalue weighted by atomic mass is 9.89. The lowest BCUT2D eigenvalue weighted by Crippen LogP contribution is -2.44. The van der Waals surface area contributed by atoms with Crippen LogP contribution in [0, 0.1) is 0 Å². The number of alkyl halides is 2. The zero-order valence-corrected chi connectivity index (χ0v) is 23.6. The average molecular weight is 567 g/mol. The van der Waals surface area contributed by atoms with Crippen LogP contribution in [0.2, 0.25) is 5.02 Å². The van der Waals surface area contributed by atoms with Crippen LogP contribution in [-0.4, -0.2) is 37.0 Å². The summed E-state index contributed by atoms with van der Waals surface area (Å²) in [6, 6.07) is 19.7. The number of halogens is 3. The van der Waals surface area contributed by atoms with E-state index in [9.17, 15) is 13.6 Å². The van der Waals surface area contributed by atoms with Crippen molar-refractivity contribution in [2.45, 2.75) is 57.2 Å². The van der Waals surface area contributed by atoms with E-state index in [1.54, 1.807) is 25.3 Å². The molecule has 1 aromatic heterocycles. The maximum absolute atomic E-state index is 14.1. The van der Waals surface area contributed by atoms with Crippen molar-refractivity contribution >= 4 is 28.5 Å². The molecule has 0 radical (unpaired) electrons. The van der Waals surface area contributed by atoms with Crippen molar-refractivity contribution in [3.63, 3.8) is 0 Å². The van der Waals surface area contributed by atoms with Crippen molar-refractivity contribution in [2.75, 3.05) is 14.2 Å². The monoisotopic (exact) mass is 566 g/mol. The number of nitrogens with one attached hydrogen (secondary N) is 1. The molecule has 1 amide bonds. The molecule has 0 saturated heterocycles. The Bertz CT molecular complexity index is 1490. The Morgan fingerprint density at radius 3 is 2.35 bits per heavy atom. The molecule has 0 atom stereocenters. The quantitative estimate of drug-likeness (QED) is 0.234. The molecule has 8 heteroatoms. The maximum atomic E-state index is 14.1. The second-order valence-corrected chi connectivity index (χ2v) is 10.8. The van der Waals surface area contributed by atoms with Gasteiger partial charge < -0.3 is 19.4 Å². The van der Waals surface area contributed by atoms with Crippen LogP contribution in [0.15, 0.2) is 71.1 Å². The van der Waals surface area contributed by atoms with E-state index in [0.29, 0.717) is 27.8 Å². The lowest BCUT2D eigenvalue weighted by molar-refractivity contribution is 0.0175. The Kier molecular flexibility index (Phi) is 8.15. The van der Waals surface area contributed by atoms with E-state index < -0.39 is 5.92 Å². The summed E-state index contributed by atoms with van der Waals surface area (Å²) in [6.45, 7) is 1.17. The maximum Gasteiger partial charge on any atom is 0.291 e. The van der Waals surface area contributed by atoms with Crippen molar-refractivity contribution in [3.05, 3.63) is 88.6 Å². The summed E-state index contributed by atoms with van der Waals surface area (Å²) in [6.07, 6.45) is 3.57. The van der Waals surface area contributed by atoms with Crippen LogP contribution in [0.5, 0.6) is 5.75 Å². The molecule has 3 aromatic carbocycles. The highest BCUT2D eigenvalue weighted by Crippen LogP contribution is 2.36. The number of benzene rings is 3. The lowest BCUT2D eigenvalue weighted by Gasteiger charge is -2.37. The van der Waals surface area contributed by atoms with Crippen LogP contribution >= 0.6 is 11.6 Å². The zero-order valence-electron chi connectivity index (χ0n) is 22.8. The summed E-state index contributed by atoms with van der Waals surface area (Å²) in [5, 5.41) is 4.36. The van der Waals surface area contributed by atoms with Crippen molar-refractivity contribution in [1.82, 2.24) is 10.2 Å². The Hall–Kier alpha value is -3.42. The van der Waals surface area contributed by atoms with E-state index in [2.05, 4.69) is 5.32 Å².